The van der Waals surface area contributed by atoms with Gasteiger partial charge in [0.2, 0.25) is 0 Å². The van der Waals surface area contributed by atoms with E-state index in [2.05, 4.69) is 27.7 Å². The van der Waals surface area contributed by atoms with Crippen LogP contribution in [-0.4, -0.2) is 13.2 Å². The Kier molecular flexibility index (Phi) is 8.53. The van der Waals surface area contributed by atoms with E-state index < -0.39 is 0 Å². The second kappa shape index (κ2) is 8.55. The Bertz CT molecular complexity index is 99.3. The van der Waals surface area contributed by atoms with Crippen LogP contribution in [0.2, 0.25) is 0 Å². The van der Waals surface area contributed by atoms with Gasteiger partial charge in [-0.3, -0.25) is 0 Å². The highest BCUT2D eigenvalue weighted by atomic mass is 16.5. The van der Waals surface area contributed by atoms with Crippen LogP contribution in [-0.2, 0) is 4.74 Å². The summed E-state index contributed by atoms with van der Waals surface area (Å²) < 4.78 is 5.33. The molecular weight excluding hydrogens is 160 g/mol. The predicted octanol–water partition coefficient (Wildman–Crippen LogP) is 3.88. The Morgan fingerprint density at radius 2 is 1.69 bits per heavy atom. The maximum absolute atomic E-state index is 5.33. The van der Waals surface area contributed by atoms with Crippen molar-refractivity contribution in [2.24, 2.45) is 11.8 Å². The van der Waals surface area contributed by atoms with E-state index in [0.29, 0.717) is 0 Å². The number of rotatable bonds is 8. The molecule has 1 atom stereocenters. The van der Waals surface area contributed by atoms with E-state index in [9.17, 15) is 0 Å². The van der Waals surface area contributed by atoms with Crippen LogP contribution in [0.25, 0.3) is 0 Å². The molecule has 1 nitrogen and oxygen atoms in total. The monoisotopic (exact) mass is 186 g/mol. The van der Waals surface area contributed by atoms with E-state index in [0.717, 1.165) is 25.0 Å². The topological polar surface area (TPSA) is 9.23 Å². The van der Waals surface area contributed by atoms with E-state index in [-0.39, 0.29) is 0 Å². The highest BCUT2D eigenvalue weighted by Gasteiger charge is 2.02. The molecule has 0 fully saturated rings. The third-order valence-electron chi connectivity index (χ3n) is 2.44. The molecule has 0 spiro atoms. The van der Waals surface area contributed by atoms with Crippen molar-refractivity contribution in [3.05, 3.63) is 0 Å². The van der Waals surface area contributed by atoms with Crippen LogP contribution in [0.5, 0.6) is 0 Å². The van der Waals surface area contributed by atoms with Crippen LogP contribution in [0.4, 0.5) is 0 Å². The SMILES string of the molecule is CCOCCC(C)CCCC(C)C. The summed E-state index contributed by atoms with van der Waals surface area (Å²) >= 11 is 0. The first kappa shape index (κ1) is 13.0. The molecule has 0 aromatic carbocycles. The standard InChI is InChI=1S/C12H26O/c1-5-13-10-9-12(4)8-6-7-11(2)3/h11-12H,5-10H2,1-4H3. The normalized spacial score (nSPS) is 13.6. The zero-order valence-electron chi connectivity index (χ0n) is 9.81. The number of hydrogen-bond donors (Lipinski definition) is 0. The molecular formula is C12H26O. The third-order valence-corrected chi connectivity index (χ3v) is 2.44. The summed E-state index contributed by atoms with van der Waals surface area (Å²) in [5, 5.41) is 0. The van der Waals surface area contributed by atoms with Crippen LogP contribution in [0, 0.1) is 11.8 Å². The fourth-order valence-corrected chi connectivity index (χ4v) is 1.45. The van der Waals surface area contributed by atoms with Crippen molar-refractivity contribution in [1.29, 1.82) is 0 Å². The fraction of sp³-hybridized carbons (Fsp3) is 1.00. The minimum absolute atomic E-state index is 0.838. The molecule has 1 unspecified atom stereocenters. The van der Waals surface area contributed by atoms with Gasteiger partial charge in [-0.1, -0.05) is 40.0 Å². The average molecular weight is 186 g/mol. The lowest BCUT2D eigenvalue weighted by molar-refractivity contribution is 0.132. The van der Waals surface area contributed by atoms with Crippen LogP contribution in [0.3, 0.4) is 0 Å². The van der Waals surface area contributed by atoms with Crippen molar-refractivity contribution >= 4 is 0 Å². The van der Waals surface area contributed by atoms with Crippen molar-refractivity contribution in [1.82, 2.24) is 0 Å². The van der Waals surface area contributed by atoms with Crippen LogP contribution in [0.15, 0.2) is 0 Å². The van der Waals surface area contributed by atoms with Gasteiger partial charge < -0.3 is 4.74 Å². The highest BCUT2D eigenvalue weighted by molar-refractivity contribution is 4.54. The number of ether oxygens (including phenoxy) is 1. The summed E-state index contributed by atoms with van der Waals surface area (Å²) in [6, 6.07) is 0. The zero-order valence-corrected chi connectivity index (χ0v) is 9.81. The van der Waals surface area contributed by atoms with Crippen molar-refractivity contribution < 1.29 is 4.74 Å². The molecule has 0 bridgehead atoms. The second-order valence-electron chi connectivity index (χ2n) is 4.42. The summed E-state index contributed by atoms with van der Waals surface area (Å²) in [6.07, 6.45) is 5.35. The third kappa shape index (κ3) is 9.88. The van der Waals surface area contributed by atoms with Gasteiger partial charge in [0, 0.05) is 13.2 Å². The summed E-state index contributed by atoms with van der Waals surface area (Å²) in [5.74, 6) is 1.70. The summed E-state index contributed by atoms with van der Waals surface area (Å²) in [4.78, 5) is 0. The van der Waals surface area contributed by atoms with Gasteiger partial charge in [-0.2, -0.15) is 0 Å². The predicted molar refractivity (Wildman–Crippen MR) is 59.0 cm³/mol. The van der Waals surface area contributed by atoms with Gasteiger partial charge in [-0.05, 0) is 25.2 Å². The van der Waals surface area contributed by atoms with Gasteiger partial charge >= 0.3 is 0 Å². The summed E-state index contributed by atoms with van der Waals surface area (Å²) in [7, 11) is 0. The smallest absolute Gasteiger partial charge is 0.0468 e. The van der Waals surface area contributed by atoms with Gasteiger partial charge in [0.05, 0.1) is 0 Å². The van der Waals surface area contributed by atoms with Gasteiger partial charge in [-0.15, -0.1) is 0 Å². The van der Waals surface area contributed by atoms with Crippen molar-refractivity contribution in [2.45, 2.75) is 53.4 Å². The molecule has 0 rings (SSSR count). The van der Waals surface area contributed by atoms with E-state index in [1.165, 1.54) is 25.7 Å². The van der Waals surface area contributed by atoms with Crippen LogP contribution in [0.1, 0.15) is 53.4 Å². The first-order valence-electron chi connectivity index (χ1n) is 5.74. The molecule has 1 heteroatoms. The fourth-order valence-electron chi connectivity index (χ4n) is 1.45. The molecule has 0 heterocycles. The second-order valence-corrected chi connectivity index (χ2v) is 4.42. The van der Waals surface area contributed by atoms with Crippen molar-refractivity contribution in [3.63, 3.8) is 0 Å². The highest BCUT2D eigenvalue weighted by Crippen LogP contribution is 2.14. The minimum Gasteiger partial charge on any atom is -0.382 e. The lowest BCUT2D eigenvalue weighted by Crippen LogP contribution is -2.02. The first-order chi connectivity index (χ1) is 6.16. The lowest BCUT2D eigenvalue weighted by Gasteiger charge is -2.11. The molecule has 0 saturated carbocycles. The Labute approximate surface area is 83.9 Å². The van der Waals surface area contributed by atoms with Gasteiger partial charge in [-0.25, -0.2) is 0 Å². The lowest BCUT2D eigenvalue weighted by atomic mass is 9.98. The molecule has 0 amide bonds. The largest absolute Gasteiger partial charge is 0.382 e. The Hall–Kier alpha value is -0.0400. The van der Waals surface area contributed by atoms with E-state index >= 15 is 0 Å². The van der Waals surface area contributed by atoms with Gasteiger partial charge in [0.15, 0.2) is 0 Å². The minimum atomic E-state index is 0.838. The molecule has 0 radical (unpaired) electrons. The Balaban J connectivity index is 3.15. The summed E-state index contributed by atoms with van der Waals surface area (Å²) in [5.41, 5.74) is 0. The molecule has 0 aromatic heterocycles. The summed E-state index contributed by atoms with van der Waals surface area (Å²) in [6.45, 7) is 10.8. The molecule has 0 aliphatic rings. The molecule has 0 N–H and O–H groups in total. The van der Waals surface area contributed by atoms with Crippen LogP contribution >= 0.6 is 0 Å². The maximum atomic E-state index is 5.33. The Morgan fingerprint density at radius 1 is 1.00 bits per heavy atom. The first-order valence-corrected chi connectivity index (χ1v) is 5.74. The van der Waals surface area contributed by atoms with Gasteiger partial charge in [0.1, 0.15) is 0 Å². The van der Waals surface area contributed by atoms with E-state index in [4.69, 9.17) is 4.74 Å². The maximum Gasteiger partial charge on any atom is 0.0468 e. The van der Waals surface area contributed by atoms with E-state index in [1.807, 2.05) is 0 Å². The molecule has 0 aromatic rings. The van der Waals surface area contributed by atoms with Crippen molar-refractivity contribution in [2.75, 3.05) is 13.2 Å². The van der Waals surface area contributed by atoms with Gasteiger partial charge in [0.25, 0.3) is 0 Å². The van der Waals surface area contributed by atoms with Crippen LogP contribution < -0.4 is 0 Å². The zero-order chi connectivity index (χ0) is 10.1. The molecule has 13 heavy (non-hydrogen) atoms. The quantitative estimate of drug-likeness (QED) is 0.523. The Morgan fingerprint density at radius 3 is 2.23 bits per heavy atom. The van der Waals surface area contributed by atoms with E-state index in [1.54, 1.807) is 0 Å². The molecule has 0 saturated heterocycles. The molecule has 80 valence electrons. The molecule has 0 aliphatic carbocycles. The molecule has 0 aliphatic heterocycles. The number of hydrogen-bond acceptors (Lipinski definition) is 1. The van der Waals surface area contributed by atoms with Crippen molar-refractivity contribution in [3.8, 4) is 0 Å². The average Bonchev–Trinajstić information content (AvgIpc) is 2.04.